The standard InChI is InChI=1S/C18H23NO2/c1-15(14-16-8-10-17(20-2)11-9-16)19-12-13-21-18-6-4-3-5-7-18/h3-11,15,19H,12-14H2,1-2H3. The summed E-state index contributed by atoms with van der Waals surface area (Å²) in [7, 11) is 1.69. The van der Waals surface area contributed by atoms with Crippen LogP contribution in [0.25, 0.3) is 0 Å². The quantitative estimate of drug-likeness (QED) is 0.755. The Morgan fingerprint density at radius 2 is 1.67 bits per heavy atom. The van der Waals surface area contributed by atoms with Crippen LogP contribution in [-0.4, -0.2) is 26.3 Å². The van der Waals surface area contributed by atoms with Crippen molar-refractivity contribution in [1.82, 2.24) is 5.32 Å². The number of rotatable bonds is 8. The maximum absolute atomic E-state index is 5.66. The Morgan fingerprint density at radius 3 is 2.33 bits per heavy atom. The minimum atomic E-state index is 0.415. The minimum Gasteiger partial charge on any atom is -0.497 e. The van der Waals surface area contributed by atoms with Crippen molar-refractivity contribution in [3.05, 3.63) is 60.2 Å². The van der Waals surface area contributed by atoms with E-state index in [9.17, 15) is 0 Å². The van der Waals surface area contributed by atoms with Crippen LogP contribution in [0.5, 0.6) is 11.5 Å². The van der Waals surface area contributed by atoms with Gasteiger partial charge < -0.3 is 14.8 Å². The van der Waals surface area contributed by atoms with Gasteiger partial charge in [-0.05, 0) is 43.2 Å². The van der Waals surface area contributed by atoms with E-state index in [1.54, 1.807) is 7.11 Å². The van der Waals surface area contributed by atoms with Gasteiger partial charge in [0.05, 0.1) is 7.11 Å². The van der Waals surface area contributed by atoms with Crippen LogP contribution in [0.2, 0.25) is 0 Å². The summed E-state index contributed by atoms with van der Waals surface area (Å²) >= 11 is 0. The van der Waals surface area contributed by atoms with Crippen molar-refractivity contribution in [1.29, 1.82) is 0 Å². The maximum atomic E-state index is 5.66. The second-order valence-electron chi connectivity index (χ2n) is 5.07. The molecule has 2 rings (SSSR count). The molecule has 0 aliphatic rings. The van der Waals surface area contributed by atoms with Gasteiger partial charge in [-0.1, -0.05) is 30.3 Å². The smallest absolute Gasteiger partial charge is 0.119 e. The predicted octanol–water partition coefficient (Wildman–Crippen LogP) is 3.29. The van der Waals surface area contributed by atoms with Gasteiger partial charge in [-0.2, -0.15) is 0 Å². The van der Waals surface area contributed by atoms with Crippen molar-refractivity contribution < 1.29 is 9.47 Å². The lowest BCUT2D eigenvalue weighted by molar-refractivity contribution is 0.306. The third kappa shape index (κ3) is 5.48. The first-order valence-electron chi connectivity index (χ1n) is 7.32. The van der Waals surface area contributed by atoms with Gasteiger partial charge in [0.15, 0.2) is 0 Å². The molecule has 0 aromatic heterocycles. The summed E-state index contributed by atoms with van der Waals surface area (Å²) in [6.07, 6.45) is 0.995. The van der Waals surface area contributed by atoms with Crippen molar-refractivity contribution in [2.24, 2.45) is 0 Å². The highest BCUT2D eigenvalue weighted by Gasteiger charge is 2.03. The molecule has 1 atom stereocenters. The summed E-state index contributed by atoms with van der Waals surface area (Å²) in [6, 6.07) is 18.5. The molecule has 0 aliphatic carbocycles. The fourth-order valence-corrected chi connectivity index (χ4v) is 2.18. The average Bonchev–Trinajstić information content (AvgIpc) is 2.53. The van der Waals surface area contributed by atoms with E-state index in [-0.39, 0.29) is 0 Å². The third-order valence-electron chi connectivity index (χ3n) is 3.31. The molecule has 0 amide bonds. The van der Waals surface area contributed by atoms with Crippen LogP contribution in [0.15, 0.2) is 54.6 Å². The number of nitrogens with one attached hydrogen (secondary N) is 1. The molecule has 0 spiro atoms. The van der Waals surface area contributed by atoms with Gasteiger partial charge in [0, 0.05) is 12.6 Å². The van der Waals surface area contributed by atoms with Crippen LogP contribution in [-0.2, 0) is 6.42 Å². The third-order valence-corrected chi connectivity index (χ3v) is 3.31. The molecule has 112 valence electrons. The number of ether oxygens (including phenoxy) is 2. The van der Waals surface area contributed by atoms with Crippen molar-refractivity contribution >= 4 is 0 Å². The van der Waals surface area contributed by atoms with Gasteiger partial charge in [0.2, 0.25) is 0 Å². The van der Waals surface area contributed by atoms with Crippen molar-refractivity contribution in [2.75, 3.05) is 20.3 Å². The molecule has 0 radical (unpaired) electrons. The lowest BCUT2D eigenvalue weighted by Gasteiger charge is -2.14. The van der Waals surface area contributed by atoms with Crippen LogP contribution in [0.1, 0.15) is 12.5 Å². The van der Waals surface area contributed by atoms with E-state index in [0.717, 1.165) is 24.5 Å². The SMILES string of the molecule is COc1ccc(CC(C)NCCOc2ccccc2)cc1. The second kappa shape index (κ2) is 8.32. The van der Waals surface area contributed by atoms with Crippen LogP contribution >= 0.6 is 0 Å². The average molecular weight is 285 g/mol. The van der Waals surface area contributed by atoms with Gasteiger partial charge >= 0.3 is 0 Å². The highest BCUT2D eigenvalue weighted by molar-refractivity contribution is 5.27. The predicted molar refractivity (Wildman–Crippen MR) is 86.1 cm³/mol. The van der Waals surface area contributed by atoms with E-state index in [0.29, 0.717) is 12.6 Å². The zero-order valence-corrected chi connectivity index (χ0v) is 12.7. The number of hydrogen-bond acceptors (Lipinski definition) is 3. The highest BCUT2D eigenvalue weighted by Crippen LogP contribution is 2.12. The molecule has 0 aliphatic heterocycles. The Morgan fingerprint density at radius 1 is 0.952 bits per heavy atom. The molecule has 0 bridgehead atoms. The van der Waals surface area contributed by atoms with Gasteiger partial charge in [0.1, 0.15) is 18.1 Å². The topological polar surface area (TPSA) is 30.5 Å². The molecule has 2 aromatic carbocycles. The Bertz CT molecular complexity index is 511. The Labute approximate surface area is 126 Å². The molecule has 3 nitrogen and oxygen atoms in total. The first-order valence-corrected chi connectivity index (χ1v) is 7.32. The normalized spacial score (nSPS) is 11.9. The zero-order chi connectivity index (χ0) is 14.9. The van der Waals surface area contributed by atoms with Crippen LogP contribution < -0.4 is 14.8 Å². The van der Waals surface area contributed by atoms with Gasteiger partial charge in [-0.15, -0.1) is 0 Å². The molecule has 0 saturated carbocycles. The van der Waals surface area contributed by atoms with E-state index >= 15 is 0 Å². The molecule has 21 heavy (non-hydrogen) atoms. The molecular weight excluding hydrogens is 262 g/mol. The van der Waals surface area contributed by atoms with Gasteiger partial charge in [-0.3, -0.25) is 0 Å². The van der Waals surface area contributed by atoms with E-state index < -0.39 is 0 Å². The first kappa shape index (κ1) is 15.4. The molecule has 0 fully saturated rings. The van der Waals surface area contributed by atoms with E-state index in [1.807, 2.05) is 42.5 Å². The Balaban J connectivity index is 1.66. The fraction of sp³-hybridized carbons (Fsp3) is 0.333. The summed E-state index contributed by atoms with van der Waals surface area (Å²) in [5.74, 6) is 1.82. The van der Waals surface area contributed by atoms with Crippen LogP contribution in [0.4, 0.5) is 0 Å². The lowest BCUT2D eigenvalue weighted by atomic mass is 10.1. The van der Waals surface area contributed by atoms with Crippen molar-refractivity contribution in [2.45, 2.75) is 19.4 Å². The van der Waals surface area contributed by atoms with E-state index in [1.165, 1.54) is 5.56 Å². The van der Waals surface area contributed by atoms with Crippen molar-refractivity contribution in [3.8, 4) is 11.5 Å². The van der Waals surface area contributed by atoms with Crippen LogP contribution in [0, 0.1) is 0 Å². The number of benzene rings is 2. The highest BCUT2D eigenvalue weighted by atomic mass is 16.5. The molecule has 1 N–H and O–H groups in total. The second-order valence-corrected chi connectivity index (χ2v) is 5.07. The van der Waals surface area contributed by atoms with E-state index in [2.05, 4.69) is 24.4 Å². The molecule has 3 heteroatoms. The molecular formula is C18H23NO2. The number of hydrogen-bond donors (Lipinski definition) is 1. The number of methoxy groups -OCH3 is 1. The first-order chi connectivity index (χ1) is 10.3. The lowest BCUT2D eigenvalue weighted by Crippen LogP contribution is -2.31. The largest absolute Gasteiger partial charge is 0.497 e. The molecule has 2 aromatic rings. The van der Waals surface area contributed by atoms with Gasteiger partial charge in [0.25, 0.3) is 0 Å². The van der Waals surface area contributed by atoms with Crippen LogP contribution in [0.3, 0.4) is 0 Å². The summed E-state index contributed by atoms with van der Waals surface area (Å²) in [4.78, 5) is 0. The summed E-state index contributed by atoms with van der Waals surface area (Å²) in [5.41, 5.74) is 1.31. The van der Waals surface area contributed by atoms with E-state index in [4.69, 9.17) is 9.47 Å². The Kier molecular flexibility index (Phi) is 6.10. The zero-order valence-electron chi connectivity index (χ0n) is 12.7. The van der Waals surface area contributed by atoms with Crippen molar-refractivity contribution in [3.63, 3.8) is 0 Å². The summed E-state index contributed by atoms with van der Waals surface area (Å²) in [6.45, 7) is 3.70. The number of para-hydroxylation sites is 1. The maximum Gasteiger partial charge on any atom is 0.119 e. The minimum absolute atomic E-state index is 0.415. The monoisotopic (exact) mass is 285 g/mol. The fourth-order valence-electron chi connectivity index (χ4n) is 2.18. The summed E-state index contributed by atoms with van der Waals surface area (Å²) < 4.78 is 10.8. The summed E-state index contributed by atoms with van der Waals surface area (Å²) in [5, 5.41) is 3.47. The Hall–Kier alpha value is -2.00. The van der Waals surface area contributed by atoms with Gasteiger partial charge in [-0.25, -0.2) is 0 Å². The molecule has 0 saturated heterocycles. The molecule has 0 heterocycles. The molecule has 1 unspecified atom stereocenters.